The van der Waals surface area contributed by atoms with Gasteiger partial charge in [-0.3, -0.25) is 4.72 Å². The maximum Gasteiger partial charge on any atom is 0.263 e. The van der Waals surface area contributed by atoms with Crippen molar-refractivity contribution < 1.29 is 8.42 Å². The lowest BCUT2D eigenvalue weighted by molar-refractivity contribution is 0.598. The molecule has 1 heterocycles. The summed E-state index contributed by atoms with van der Waals surface area (Å²) in [6.07, 6.45) is 1.59. The van der Waals surface area contributed by atoms with Gasteiger partial charge in [-0.2, -0.15) is 0 Å². The summed E-state index contributed by atoms with van der Waals surface area (Å²) in [6, 6.07) is 16.8. The summed E-state index contributed by atoms with van der Waals surface area (Å²) in [5.74, 6) is 0.302. The molecule has 25 heavy (non-hydrogen) atoms. The first-order valence-electron chi connectivity index (χ1n) is 8.01. The topological polar surface area (TPSA) is 76.9 Å². The van der Waals surface area contributed by atoms with Crippen LogP contribution in [0.4, 0.5) is 5.82 Å². The van der Waals surface area contributed by atoms with Crippen LogP contribution >= 0.6 is 0 Å². The normalized spacial score (nSPS) is 11.6. The molecule has 0 radical (unpaired) electrons. The van der Waals surface area contributed by atoms with Crippen LogP contribution in [0.25, 0.3) is 0 Å². The Hall–Kier alpha value is -2.67. The Morgan fingerprint density at radius 1 is 1.04 bits per heavy atom. The minimum atomic E-state index is -3.71. The molecule has 0 aliphatic carbocycles. The number of aromatic nitrogens is 3. The summed E-state index contributed by atoms with van der Waals surface area (Å²) in [6.45, 7) is 4.45. The third kappa shape index (κ3) is 4.06. The molecule has 0 amide bonds. The molecule has 0 saturated carbocycles. The molecule has 3 aromatic rings. The van der Waals surface area contributed by atoms with E-state index in [1.165, 1.54) is 0 Å². The number of sulfonamides is 1. The van der Waals surface area contributed by atoms with Gasteiger partial charge in [-0.25, -0.2) is 13.1 Å². The zero-order chi connectivity index (χ0) is 17.9. The van der Waals surface area contributed by atoms with Crippen LogP contribution in [-0.4, -0.2) is 23.4 Å². The third-order valence-corrected chi connectivity index (χ3v) is 5.22. The van der Waals surface area contributed by atoms with E-state index in [1.807, 2.05) is 56.3 Å². The Kier molecular flexibility index (Phi) is 4.85. The number of nitrogens with zero attached hydrogens (tertiary/aromatic N) is 3. The molecular formula is C18H20N4O2S. The van der Waals surface area contributed by atoms with Gasteiger partial charge >= 0.3 is 0 Å². The summed E-state index contributed by atoms with van der Waals surface area (Å²) >= 11 is 0. The Bertz CT molecular complexity index is 950. The van der Waals surface area contributed by atoms with Crippen molar-refractivity contribution in [1.29, 1.82) is 0 Å². The molecule has 7 heteroatoms. The van der Waals surface area contributed by atoms with Gasteiger partial charge in [0.1, 0.15) is 0 Å². The fourth-order valence-corrected chi connectivity index (χ4v) is 3.94. The molecule has 0 unspecified atom stereocenters. The highest BCUT2D eigenvalue weighted by Gasteiger charge is 2.21. The number of hydrogen-bond donors (Lipinski definition) is 1. The molecule has 6 nitrogen and oxygen atoms in total. The van der Waals surface area contributed by atoms with Crippen molar-refractivity contribution >= 4 is 15.8 Å². The van der Waals surface area contributed by atoms with Crippen molar-refractivity contribution in [3.8, 4) is 0 Å². The van der Waals surface area contributed by atoms with Crippen LogP contribution in [0, 0.1) is 0 Å². The maximum absolute atomic E-state index is 12.7. The first-order chi connectivity index (χ1) is 12.0. The number of benzene rings is 2. The van der Waals surface area contributed by atoms with E-state index in [2.05, 4.69) is 15.0 Å². The van der Waals surface area contributed by atoms with Crippen LogP contribution in [-0.2, 0) is 16.6 Å². The van der Waals surface area contributed by atoms with Crippen molar-refractivity contribution in [2.75, 3.05) is 4.72 Å². The van der Waals surface area contributed by atoms with Gasteiger partial charge in [-0.15, -0.1) is 5.10 Å². The van der Waals surface area contributed by atoms with Crippen molar-refractivity contribution in [3.05, 3.63) is 71.9 Å². The summed E-state index contributed by atoms with van der Waals surface area (Å²) in [7, 11) is -3.71. The first kappa shape index (κ1) is 17.2. The Morgan fingerprint density at radius 3 is 2.44 bits per heavy atom. The highest BCUT2D eigenvalue weighted by Crippen LogP contribution is 2.24. The smallest absolute Gasteiger partial charge is 0.261 e. The summed E-state index contributed by atoms with van der Waals surface area (Å²) in [4.78, 5) is 0.266. The van der Waals surface area contributed by atoms with Crippen LogP contribution in [0.5, 0.6) is 0 Å². The Balaban J connectivity index is 1.81. The lowest BCUT2D eigenvalue weighted by atomic mass is 10.0. The van der Waals surface area contributed by atoms with Crippen LogP contribution in [0.3, 0.4) is 0 Å². The zero-order valence-corrected chi connectivity index (χ0v) is 14.9. The molecule has 2 aromatic carbocycles. The second kappa shape index (κ2) is 7.06. The number of anilines is 1. The minimum absolute atomic E-state index is 0.0986. The number of rotatable bonds is 6. The zero-order valence-electron chi connectivity index (χ0n) is 14.1. The average molecular weight is 356 g/mol. The van der Waals surface area contributed by atoms with Gasteiger partial charge in [0.2, 0.25) is 0 Å². The summed E-state index contributed by atoms with van der Waals surface area (Å²) in [5, 5.41) is 7.91. The van der Waals surface area contributed by atoms with E-state index in [1.54, 1.807) is 23.0 Å². The van der Waals surface area contributed by atoms with Crippen molar-refractivity contribution in [3.63, 3.8) is 0 Å². The van der Waals surface area contributed by atoms with Crippen molar-refractivity contribution in [2.24, 2.45) is 0 Å². The molecule has 130 valence electrons. The third-order valence-electron chi connectivity index (χ3n) is 3.80. The fraction of sp³-hybridized carbons (Fsp3) is 0.222. The van der Waals surface area contributed by atoms with E-state index in [4.69, 9.17) is 0 Å². The molecule has 3 rings (SSSR count). The predicted molar refractivity (Wildman–Crippen MR) is 96.9 cm³/mol. The van der Waals surface area contributed by atoms with E-state index in [0.717, 1.165) is 11.1 Å². The lowest BCUT2D eigenvalue weighted by Crippen LogP contribution is -2.15. The van der Waals surface area contributed by atoms with Crippen molar-refractivity contribution in [1.82, 2.24) is 15.0 Å². The lowest BCUT2D eigenvalue weighted by Gasteiger charge is -2.13. The summed E-state index contributed by atoms with van der Waals surface area (Å²) in [5.41, 5.74) is 1.83. The van der Waals surface area contributed by atoms with Gasteiger partial charge < -0.3 is 0 Å². The molecule has 0 aliphatic heterocycles. The highest BCUT2D eigenvalue weighted by molar-refractivity contribution is 7.92. The van der Waals surface area contributed by atoms with E-state index in [-0.39, 0.29) is 16.6 Å². The quantitative estimate of drug-likeness (QED) is 0.735. The number of nitrogens with one attached hydrogen (secondary N) is 1. The average Bonchev–Trinajstić information content (AvgIpc) is 3.02. The molecule has 0 atom stereocenters. The first-order valence-corrected chi connectivity index (χ1v) is 9.50. The standard InChI is InChI=1S/C18H20N4O2S/c1-14(2)16-10-6-7-11-17(16)25(23,24)20-18-13-22(21-19-18)12-15-8-4-3-5-9-15/h3-11,13-14,20H,12H2,1-2H3. The van der Waals surface area contributed by atoms with Gasteiger partial charge in [0, 0.05) is 0 Å². The second-order valence-electron chi connectivity index (χ2n) is 6.08. The largest absolute Gasteiger partial charge is 0.263 e. The Labute approximate surface area is 147 Å². The highest BCUT2D eigenvalue weighted by atomic mass is 32.2. The van der Waals surface area contributed by atoms with Gasteiger partial charge in [0.15, 0.2) is 5.82 Å². The molecular weight excluding hydrogens is 336 g/mol. The molecule has 0 bridgehead atoms. The molecule has 0 saturated heterocycles. The molecule has 1 N–H and O–H groups in total. The maximum atomic E-state index is 12.7. The molecule has 1 aromatic heterocycles. The van der Waals surface area contributed by atoms with Gasteiger partial charge in [0.05, 0.1) is 17.6 Å². The molecule has 0 spiro atoms. The molecule has 0 fully saturated rings. The van der Waals surface area contributed by atoms with E-state index in [9.17, 15) is 8.42 Å². The van der Waals surface area contributed by atoms with Crippen LogP contribution in [0.1, 0.15) is 30.9 Å². The fourth-order valence-electron chi connectivity index (χ4n) is 2.59. The van der Waals surface area contributed by atoms with Gasteiger partial charge in [0.25, 0.3) is 10.0 Å². The van der Waals surface area contributed by atoms with Crippen LogP contribution in [0.2, 0.25) is 0 Å². The van der Waals surface area contributed by atoms with Crippen LogP contribution in [0.15, 0.2) is 65.7 Å². The molecule has 0 aliphatic rings. The van der Waals surface area contributed by atoms with E-state index < -0.39 is 10.0 Å². The van der Waals surface area contributed by atoms with E-state index >= 15 is 0 Å². The summed E-state index contributed by atoms with van der Waals surface area (Å²) < 4.78 is 29.5. The SMILES string of the molecule is CC(C)c1ccccc1S(=O)(=O)Nc1cn(Cc2ccccc2)nn1. The number of hydrogen-bond acceptors (Lipinski definition) is 4. The predicted octanol–water partition coefficient (Wildman–Crippen LogP) is 3.25. The van der Waals surface area contributed by atoms with Gasteiger partial charge in [-0.05, 0) is 23.1 Å². The van der Waals surface area contributed by atoms with Crippen molar-refractivity contribution in [2.45, 2.75) is 31.2 Å². The second-order valence-corrected chi connectivity index (χ2v) is 7.74. The monoisotopic (exact) mass is 356 g/mol. The van der Waals surface area contributed by atoms with Crippen LogP contribution < -0.4 is 4.72 Å². The Morgan fingerprint density at radius 2 is 1.72 bits per heavy atom. The van der Waals surface area contributed by atoms with E-state index in [0.29, 0.717) is 6.54 Å². The minimum Gasteiger partial charge on any atom is -0.261 e. The van der Waals surface area contributed by atoms with Gasteiger partial charge in [-0.1, -0.05) is 67.6 Å².